The predicted molar refractivity (Wildman–Crippen MR) is 100 cm³/mol. The third kappa shape index (κ3) is 3.44. The Bertz CT molecular complexity index is 974. The van der Waals surface area contributed by atoms with Crippen molar-refractivity contribution in [3.8, 4) is 40.0 Å². The van der Waals surface area contributed by atoms with E-state index in [0.29, 0.717) is 5.89 Å². The molecule has 0 atom stereocenters. The first-order valence-corrected chi connectivity index (χ1v) is 8.25. The number of ether oxygens (including phenoxy) is 2. The number of benzene rings is 3. The van der Waals surface area contributed by atoms with Crippen molar-refractivity contribution in [3.63, 3.8) is 0 Å². The second-order valence-corrected chi connectivity index (χ2v) is 5.71. The van der Waals surface area contributed by atoms with Gasteiger partial charge in [0.05, 0.1) is 7.11 Å². The van der Waals surface area contributed by atoms with Crippen LogP contribution in [0.1, 0.15) is 0 Å². The predicted octanol–water partition coefficient (Wildman–Crippen LogP) is 5.81. The highest BCUT2D eigenvalue weighted by Gasteiger charge is 2.08. The minimum absolute atomic E-state index is 0.583. The maximum absolute atomic E-state index is 5.84. The smallest absolute Gasteiger partial charge is 0.226 e. The zero-order valence-electron chi connectivity index (χ0n) is 14.3. The van der Waals surface area contributed by atoms with Crippen LogP contribution in [0.15, 0.2) is 89.5 Å². The Hall–Kier alpha value is -3.53. The quantitative estimate of drug-likeness (QED) is 0.459. The molecule has 0 saturated carbocycles. The first-order chi connectivity index (χ1) is 12.8. The van der Waals surface area contributed by atoms with E-state index in [1.54, 1.807) is 13.4 Å². The van der Waals surface area contributed by atoms with Crippen molar-refractivity contribution in [1.82, 2.24) is 4.98 Å². The molecule has 0 unspecified atom stereocenters. The van der Waals surface area contributed by atoms with Crippen LogP contribution in [-0.4, -0.2) is 12.1 Å². The minimum Gasteiger partial charge on any atom is -0.497 e. The van der Waals surface area contributed by atoms with Crippen molar-refractivity contribution in [2.24, 2.45) is 0 Å². The summed E-state index contributed by atoms with van der Waals surface area (Å²) < 4.78 is 16.6. The second kappa shape index (κ2) is 7.15. The molecule has 0 spiro atoms. The largest absolute Gasteiger partial charge is 0.497 e. The summed E-state index contributed by atoms with van der Waals surface area (Å²) >= 11 is 0. The molecule has 4 heteroatoms. The third-order valence-corrected chi connectivity index (χ3v) is 3.97. The van der Waals surface area contributed by atoms with E-state index in [9.17, 15) is 0 Å². The highest BCUT2D eigenvalue weighted by Crippen LogP contribution is 2.28. The lowest BCUT2D eigenvalue weighted by Gasteiger charge is -2.07. The molecular weight excluding hydrogens is 326 g/mol. The average molecular weight is 343 g/mol. The molecule has 0 aliphatic carbocycles. The molecule has 4 rings (SSSR count). The zero-order valence-corrected chi connectivity index (χ0v) is 14.3. The van der Waals surface area contributed by atoms with Gasteiger partial charge < -0.3 is 13.9 Å². The molecule has 0 fully saturated rings. The maximum Gasteiger partial charge on any atom is 0.226 e. The summed E-state index contributed by atoms with van der Waals surface area (Å²) in [6.45, 7) is 0. The Balaban J connectivity index is 1.50. The molecule has 26 heavy (non-hydrogen) atoms. The Labute approximate surface area is 151 Å². The molecule has 0 radical (unpaired) electrons. The fourth-order valence-corrected chi connectivity index (χ4v) is 2.59. The third-order valence-electron chi connectivity index (χ3n) is 3.97. The van der Waals surface area contributed by atoms with Crippen molar-refractivity contribution >= 4 is 0 Å². The fraction of sp³-hybridized carbons (Fsp3) is 0.0455. The summed E-state index contributed by atoms with van der Waals surface area (Å²) in [5, 5.41) is 0. The van der Waals surface area contributed by atoms with Crippen LogP contribution in [0.4, 0.5) is 0 Å². The first-order valence-electron chi connectivity index (χ1n) is 8.25. The van der Waals surface area contributed by atoms with Gasteiger partial charge in [-0.1, -0.05) is 30.3 Å². The molecule has 4 nitrogen and oxygen atoms in total. The summed E-state index contributed by atoms with van der Waals surface area (Å²) in [5.41, 5.74) is 2.75. The standard InChI is InChI=1S/C22H17NO3/c1-24-18-11-13-20(14-12-18)26-19-9-7-17(8-10-19)22-23-21(15-25-22)16-5-3-2-4-6-16/h2-15H,1H3. The van der Waals surface area contributed by atoms with Crippen LogP contribution in [0.3, 0.4) is 0 Å². The van der Waals surface area contributed by atoms with Crippen LogP contribution >= 0.6 is 0 Å². The molecule has 0 aliphatic heterocycles. The lowest BCUT2D eigenvalue weighted by atomic mass is 10.2. The van der Waals surface area contributed by atoms with Crippen LogP contribution in [0.5, 0.6) is 17.2 Å². The highest BCUT2D eigenvalue weighted by atomic mass is 16.5. The molecule has 4 aromatic rings. The van der Waals surface area contributed by atoms with Gasteiger partial charge in [0.15, 0.2) is 0 Å². The number of rotatable bonds is 5. The molecule has 0 bridgehead atoms. The monoisotopic (exact) mass is 343 g/mol. The molecule has 0 aliphatic rings. The van der Waals surface area contributed by atoms with Gasteiger partial charge in [-0.3, -0.25) is 0 Å². The molecule has 1 aromatic heterocycles. The molecule has 0 saturated heterocycles. The number of oxazole rings is 1. The number of hydrogen-bond acceptors (Lipinski definition) is 4. The van der Waals surface area contributed by atoms with Crippen LogP contribution in [0.25, 0.3) is 22.7 Å². The van der Waals surface area contributed by atoms with Gasteiger partial charge in [-0.05, 0) is 48.5 Å². The van der Waals surface area contributed by atoms with Crippen molar-refractivity contribution in [3.05, 3.63) is 85.1 Å². The van der Waals surface area contributed by atoms with E-state index >= 15 is 0 Å². The summed E-state index contributed by atoms with van der Waals surface area (Å²) in [4.78, 5) is 4.56. The topological polar surface area (TPSA) is 44.5 Å². The van der Waals surface area contributed by atoms with Gasteiger partial charge in [-0.2, -0.15) is 0 Å². The minimum atomic E-state index is 0.583. The van der Waals surface area contributed by atoms with Gasteiger partial charge in [-0.25, -0.2) is 4.98 Å². The summed E-state index contributed by atoms with van der Waals surface area (Å²) in [6, 6.07) is 25.1. The highest BCUT2D eigenvalue weighted by molar-refractivity contribution is 5.63. The lowest BCUT2D eigenvalue weighted by molar-refractivity contribution is 0.413. The van der Waals surface area contributed by atoms with Gasteiger partial charge >= 0.3 is 0 Å². The normalized spacial score (nSPS) is 10.5. The lowest BCUT2D eigenvalue weighted by Crippen LogP contribution is -1.86. The summed E-state index contributed by atoms with van der Waals surface area (Å²) in [7, 11) is 1.64. The Morgan fingerprint density at radius 2 is 1.31 bits per heavy atom. The van der Waals surface area contributed by atoms with E-state index in [1.165, 1.54) is 0 Å². The second-order valence-electron chi connectivity index (χ2n) is 5.71. The van der Waals surface area contributed by atoms with Crippen LogP contribution < -0.4 is 9.47 Å². The van der Waals surface area contributed by atoms with Crippen molar-refractivity contribution in [2.45, 2.75) is 0 Å². The SMILES string of the molecule is COc1ccc(Oc2ccc(-c3nc(-c4ccccc4)co3)cc2)cc1. The van der Waals surface area contributed by atoms with Gasteiger partial charge in [0.2, 0.25) is 5.89 Å². The van der Waals surface area contributed by atoms with E-state index in [4.69, 9.17) is 13.9 Å². The number of nitrogens with zero attached hydrogens (tertiary/aromatic N) is 1. The Morgan fingerprint density at radius 1 is 0.692 bits per heavy atom. The van der Waals surface area contributed by atoms with Crippen LogP contribution in [0.2, 0.25) is 0 Å². The molecule has 0 N–H and O–H groups in total. The van der Waals surface area contributed by atoms with Crippen molar-refractivity contribution in [1.29, 1.82) is 0 Å². The molecule has 1 heterocycles. The van der Waals surface area contributed by atoms with Crippen molar-refractivity contribution < 1.29 is 13.9 Å². The maximum atomic E-state index is 5.84. The Morgan fingerprint density at radius 3 is 1.96 bits per heavy atom. The summed E-state index contributed by atoms with van der Waals surface area (Å²) in [5.74, 6) is 2.88. The van der Waals surface area contributed by atoms with Gasteiger partial charge in [0.25, 0.3) is 0 Å². The molecular formula is C22H17NO3. The number of methoxy groups -OCH3 is 1. The van der Waals surface area contributed by atoms with Crippen molar-refractivity contribution in [2.75, 3.05) is 7.11 Å². The first kappa shape index (κ1) is 16.0. The molecule has 0 amide bonds. The van der Waals surface area contributed by atoms with Gasteiger partial charge in [0, 0.05) is 11.1 Å². The van der Waals surface area contributed by atoms with E-state index in [0.717, 1.165) is 34.1 Å². The van der Waals surface area contributed by atoms with Crippen LogP contribution in [0, 0.1) is 0 Å². The van der Waals surface area contributed by atoms with Gasteiger partial charge in [-0.15, -0.1) is 0 Å². The number of hydrogen-bond donors (Lipinski definition) is 0. The zero-order chi connectivity index (χ0) is 17.8. The molecule has 3 aromatic carbocycles. The van der Waals surface area contributed by atoms with E-state index in [-0.39, 0.29) is 0 Å². The van der Waals surface area contributed by atoms with Gasteiger partial charge in [0.1, 0.15) is 29.2 Å². The van der Waals surface area contributed by atoms with E-state index in [1.807, 2.05) is 78.9 Å². The number of aromatic nitrogens is 1. The molecule has 128 valence electrons. The van der Waals surface area contributed by atoms with E-state index < -0.39 is 0 Å². The van der Waals surface area contributed by atoms with E-state index in [2.05, 4.69) is 4.98 Å². The summed E-state index contributed by atoms with van der Waals surface area (Å²) in [6.07, 6.45) is 1.67. The average Bonchev–Trinajstić information content (AvgIpc) is 3.20. The fourth-order valence-electron chi connectivity index (χ4n) is 2.59. The van der Waals surface area contributed by atoms with Crippen LogP contribution in [-0.2, 0) is 0 Å². The Kier molecular flexibility index (Phi) is 4.39.